The molecule has 126 valence electrons. The number of hydrogen-bond donors (Lipinski definition) is 0. The van der Waals surface area contributed by atoms with Crippen LogP contribution < -0.4 is 4.90 Å². The maximum absolute atomic E-state index is 12.7. The number of thioether (sulfide) groups is 1. The van der Waals surface area contributed by atoms with E-state index in [1.165, 1.54) is 23.9 Å². The van der Waals surface area contributed by atoms with Crippen molar-refractivity contribution in [3.05, 3.63) is 64.7 Å². The second-order valence-corrected chi connectivity index (χ2v) is 6.88. The highest BCUT2D eigenvalue weighted by Gasteiger charge is 2.35. The van der Waals surface area contributed by atoms with Crippen molar-refractivity contribution < 1.29 is 18.0 Å². The van der Waals surface area contributed by atoms with Crippen LogP contribution >= 0.6 is 11.8 Å². The molecule has 1 amide bonds. The van der Waals surface area contributed by atoms with E-state index in [4.69, 9.17) is 0 Å². The fourth-order valence-electron chi connectivity index (χ4n) is 2.68. The number of benzene rings is 2. The zero-order valence-corrected chi connectivity index (χ0v) is 14.0. The van der Waals surface area contributed by atoms with Crippen molar-refractivity contribution in [3.8, 4) is 0 Å². The highest BCUT2D eigenvalue weighted by Crippen LogP contribution is 2.42. The molecule has 0 aromatic heterocycles. The average molecular weight is 351 g/mol. The zero-order valence-electron chi connectivity index (χ0n) is 13.2. The van der Waals surface area contributed by atoms with Crippen LogP contribution in [0.25, 0.3) is 0 Å². The third-order valence-corrected chi connectivity index (χ3v) is 5.37. The molecule has 2 nitrogen and oxygen atoms in total. The Labute approximate surface area is 142 Å². The number of carbonyl (C=O) groups excluding carboxylic acids is 1. The Hall–Kier alpha value is -1.95. The molecule has 1 saturated heterocycles. The van der Waals surface area contributed by atoms with Gasteiger partial charge in [-0.15, -0.1) is 11.8 Å². The van der Waals surface area contributed by atoms with Crippen LogP contribution in [0.4, 0.5) is 18.9 Å². The van der Waals surface area contributed by atoms with Crippen LogP contribution in [-0.2, 0) is 11.0 Å². The third kappa shape index (κ3) is 3.15. The summed E-state index contributed by atoms with van der Waals surface area (Å²) in [7, 11) is 0. The SMILES string of the molecule is Cc1ccc([C@H]2SCC(=O)N2c2ccc(C(F)(F)F)cc2)cc1C. The second-order valence-electron chi connectivity index (χ2n) is 5.82. The van der Waals surface area contributed by atoms with Gasteiger partial charge >= 0.3 is 6.18 Å². The number of rotatable bonds is 2. The van der Waals surface area contributed by atoms with Crippen LogP contribution in [0.5, 0.6) is 0 Å². The van der Waals surface area contributed by atoms with Crippen LogP contribution in [0, 0.1) is 13.8 Å². The van der Waals surface area contributed by atoms with Crippen LogP contribution in [0.2, 0.25) is 0 Å². The molecule has 0 N–H and O–H groups in total. The first kappa shape index (κ1) is 16.9. The molecule has 24 heavy (non-hydrogen) atoms. The lowest BCUT2D eigenvalue weighted by atomic mass is 10.1. The maximum Gasteiger partial charge on any atom is 0.416 e. The fraction of sp³-hybridized carbons (Fsp3) is 0.278. The first-order valence-corrected chi connectivity index (χ1v) is 8.50. The number of nitrogens with zero attached hydrogens (tertiary/aromatic N) is 1. The van der Waals surface area contributed by atoms with Gasteiger partial charge in [-0.2, -0.15) is 13.2 Å². The summed E-state index contributed by atoms with van der Waals surface area (Å²) in [6, 6.07) is 10.8. The van der Waals surface area contributed by atoms with Gasteiger partial charge < -0.3 is 0 Å². The minimum Gasteiger partial charge on any atom is -0.295 e. The number of aryl methyl sites for hydroxylation is 2. The Kier molecular flexibility index (Phi) is 4.34. The van der Waals surface area contributed by atoms with E-state index in [9.17, 15) is 18.0 Å². The molecular formula is C18H16F3NOS. The molecule has 1 heterocycles. The molecule has 0 unspecified atom stereocenters. The minimum atomic E-state index is -4.38. The van der Waals surface area contributed by atoms with E-state index in [0.717, 1.165) is 28.8 Å². The molecule has 0 saturated carbocycles. The molecule has 3 rings (SSSR count). The molecule has 1 aliphatic rings. The lowest BCUT2D eigenvalue weighted by Crippen LogP contribution is -2.27. The molecule has 2 aromatic carbocycles. The van der Waals surface area contributed by atoms with E-state index < -0.39 is 11.7 Å². The maximum atomic E-state index is 12.7. The number of hydrogen-bond acceptors (Lipinski definition) is 2. The van der Waals surface area contributed by atoms with Crippen molar-refractivity contribution in [1.82, 2.24) is 0 Å². The first-order valence-electron chi connectivity index (χ1n) is 7.45. The van der Waals surface area contributed by atoms with Crippen molar-refractivity contribution in [2.24, 2.45) is 0 Å². The van der Waals surface area contributed by atoms with Crippen LogP contribution in [0.15, 0.2) is 42.5 Å². The predicted octanol–water partition coefficient (Wildman–Crippen LogP) is 5.10. The van der Waals surface area contributed by atoms with E-state index in [1.54, 1.807) is 4.90 Å². The van der Waals surface area contributed by atoms with Gasteiger partial charge in [0.25, 0.3) is 0 Å². The predicted molar refractivity (Wildman–Crippen MR) is 90.0 cm³/mol. The van der Waals surface area contributed by atoms with Gasteiger partial charge in [0.2, 0.25) is 5.91 Å². The molecule has 1 fully saturated rings. The highest BCUT2D eigenvalue weighted by molar-refractivity contribution is 8.00. The molecule has 0 aliphatic carbocycles. The molecule has 0 bridgehead atoms. The first-order chi connectivity index (χ1) is 11.3. The summed E-state index contributed by atoms with van der Waals surface area (Å²) >= 11 is 1.48. The van der Waals surface area contributed by atoms with Crippen LogP contribution in [0.1, 0.15) is 27.6 Å². The number of halogens is 3. The van der Waals surface area contributed by atoms with Gasteiger partial charge in [0, 0.05) is 5.69 Å². The Morgan fingerprint density at radius 2 is 1.71 bits per heavy atom. The summed E-state index contributed by atoms with van der Waals surface area (Å²) in [5.41, 5.74) is 3.04. The van der Waals surface area contributed by atoms with Gasteiger partial charge in [-0.1, -0.05) is 18.2 Å². The lowest BCUT2D eigenvalue weighted by Gasteiger charge is -2.25. The third-order valence-electron chi connectivity index (χ3n) is 4.16. The number of amides is 1. The van der Waals surface area contributed by atoms with Gasteiger partial charge in [0.1, 0.15) is 5.37 Å². The summed E-state index contributed by atoms with van der Waals surface area (Å²) < 4.78 is 38.1. The Morgan fingerprint density at radius 1 is 1.04 bits per heavy atom. The standard InChI is InChI=1S/C18H16F3NOS/c1-11-3-4-13(9-12(11)2)17-22(16(23)10-24-17)15-7-5-14(6-8-15)18(19,20)21/h3-9,17H,10H2,1-2H3/t17-/m1/s1. The molecule has 0 spiro atoms. The molecule has 0 radical (unpaired) electrons. The Bertz CT molecular complexity index is 771. The van der Waals surface area contributed by atoms with E-state index in [2.05, 4.69) is 0 Å². The van der Waals surface area contributed by atoms with Crippen molar-refractivity contribution in [1.29, 1.82) is 0 Å². The summed E-state index contributed by atoms with van der Waals surface area (Å²) in [5, 5.41) is -0.214. The Balaban J connectivity index is 1.95. The van der Waals surface area contributed by atoms with Crippen molar-refractivity contribution in [3.63, 3.8) is 0 Å². The van der Waals surface area contributed by atoms with E-state index in [0.29, 0.717) is 11.4 Å². The fourth-order valence-corrected chi connectivity index (χ4v) is 3.85. The number of alkyl halides is 3. The summed E-state index contributed by atoms with van der Waals surface area (Å²) in [6.45, 7) is 4.02. The summed E-state index contributed by atoms with van der Waals surface area (Å²) in [4.78, 5) is 13.9. The topological polar surface area (TPSA) is 20.3 Å². The zero-order chi connectivity index (χ0) is 17.5. The van der Waals surface area contributed by atoms with Crippen molar-refractivity contribution >= 4 is 23.4 Å². The normalized spacial score (nSPS) is 18.3. The summed E-state index contributed by atoms with van der Waals surface area (Å²) in [6.07, 6.45) is -4.38. The molecule has 1 aliphatic heterocycles. The minimum absolute atomic E-state index is 0.0945. The van der Waals surface area contributed by atoms with Gasteiger partial charge in [-0.05, 0) is 54.8 Å². The van der Waals surface area contributed by atoms with Crippen molar-refractivity contribution in [2.45, 2.75) is 25.4 Å². The van der Waals surface area contributed by atoms with E-state index >= 15 is 0 Å². The lowest BCUT2D eigenvalue weighted by molar-refractivity contribution is -0.137. The quantitative estimate of drug-likeness (QED) is 0.750. The van der Waals surface area contributed by atoms with Crippen molar-refractivity contribution in [2.75, 3.05) is 10.7 Å². The van der Waals surface area contributed by atoms with Crippen LogP contribution in [-0.4, -0.2) is 11.7 Å². The smallest absolute Gasteiger partial charge is 0.295 e. The number of anilines is 1. The van der Waals surface area contributed by atoms with Crippen LogP contribution in [0.3, 0.4) is 0 Å². The van der Waals surface area contributed by atoms with E-state index in [1.807, 2.05) is 32.0 Å². The molecule has 1 atom stereocenters. The second kappa shape index (κ2) is 6.16. The summed E-state index contributed by atoms with van der Waals surface area (Å²) in [5.74, 6) is 0.224. The molecule has 6 heteroatoms. The Morgan fingerprint density at radius 3 is 2.29 bits per heavy atom. The van der Waals surface area contributed by atoms with Gasteiger partial charge in [-0.3, -0.25) is 9.69 Å². The monoisotopic (exact) mass is 351 g/mol. The van der Waals surface area contributed by atoms with Gasteiger partial charge in [0.05, 0.1) is 11.3 Å². The van der Waals surface area contributed by atoms with E-state index in [-0.39, 0.29) is 11.3 Å². The highest BCUT2D eigenvalue weighted by atomic mass is 32.2. The van der Waals surface area contributed by atoms with Gasteiger partial charge in [0.15, 0.2) is 0 Å². The molecule has 2 aromatic rings. The molecular weight excluding hydrogens is 335 g/mol. The average Bonchev–Trinajstić information content (AvgIpc) is 2.91. The largest absolute Gasteiger partial charge is 0.416 e. The van der Waals surface area contributed by atoms with Gasteiger partial charge in [-0.25, -0.2) is 0 Å². The number of carbonyl (C=O) groups is 1.